The lowest BCUT2D eigenvalue weighted by Gasteiger charge is -2.08. The van der Waals surface area contributed by atoms with Crippen LogP contribution < -0.4 is 5.32 Å². The number of methoxy groups -OCH3 is 1. The summed E-state index contributed by atoms with van der Waals surface area (Å²) in [6.07, 6.45) is 0. The molecule has 3 rings (SSSR count). The van der Waals surface area contributed by atoms with Crippen LogP contribution in [0.3, 0.4) is 0 Å². The number of hydrogen-bond donors (Lipinski definition) is 1. The maximum absolute atomic E-state index is 5.53. The second-order valence-corrected chi connectivity index (χ2v) is 5.71. The van der Waals surface area contributed by atoms with E-state index in [-0.39, 0.29) is 11.8 Å². The van der Waals surface area contributed by atoms with Gasteiger partial charge in [0.1, 0.15) is 5.82 Å². The number of oxime groups is 1. The number of aryl methyl sites for hydroxylation is 1. The summed E-state index contributed by atoms with van der Waals surface area (Å²) in [6.45, 7) is 0.164. The summed E-state index contributed by atoms with van der Waals surface area (Å²) in [5, 5.41) is 18.9. The molecule has 0 saturated carbocycles. The van der Waals surface area contributed by atoms with E-state index >= 15 is 0 Å². The Morgan fingerprint density at radius 2 is 2.00 bits per heavy atom. The lowest BCUT2D eigenvalue weighted by molar-refractivity contribution is 0.128. The van der Waals surface area contributed by atoms with Gasteiger partial charge in [-0.1, -0.05) is 41.6 Å². The maximum Gasteiger partial charge on any atom is 0.262 e. The molecule has 1 aromatic carbocycles. The highest BCUT2D eigenvalue weighted by Gasteiger charge is 2.14. The monoisotopic (exact) mass is 383 g/mol. The Kier molecular flexibility index (Phi) is 6.00. The van der Waals surface area contributed by atoms with Crippen LogP contribution >= 0.6 is 12.2 Å². The molecule has 0 atom stereocenters. The topological polar surface area (TPSA) is 99.3 Å². The standard InChI is InChI=1S/C17H17N7O2S/c1-24-16(20-22-23-24)15(12-7-4-3-5-8-12)21-26-11-13-9-6-10-14(18-13)19-17(27)25-2/h3-10H,11H2,1-2H3,(H,18,19,27)/b21-15-. The van der Waals surface area contributed by atoms with E-state index in [9.17, 15) is 0 Å². The number of benzene rings is 1. The number of tetrazole rings is 1. The van der Waals surface area contributed by atoms with Gasteiger partial charge in [-0.3, -0.25) is 0 Å². The number of rotatable bonds is 6. The molecule has 0 spiro atoms. The highest BCUT2D eigenvalue weighted by Crippen LogP contribution is 2.10. The molecule has 0 saturated heterocycles. The Hall–Kier alpha value is -3.40. The fraction of sp³-hybridized carbons (Fsp3) is 0.176. The summed E-state index contributed by atoms with van der Waals surface area (Å²) < 4.78 is 6.45. The van der Waals surface area contributed by atoms with Gasteiger partial charge in [0, 0.05) is 12.6 Å². The predicted molar refractivity (Wildman–Crippen MR) is 103 cm³/mol. The average Bonchev–Trinajstić information content (AvgIpc) is 3.12. The largest absolute Gasteiger partial charge is 0.474 e. The van der Waals surface area contributed by atoms with Crippen molar-refractivity contribution in [2.24, 2.45) is 12.2 Å². The molecule has 0 fully saturated rings. The number of hydrogen-bond acceptors (Lipinski definition) is 8. The molecule has 0 aliphatic heterocycles. The second-order valence-electron chi connectivity index (χ2n) is 5.34. The minimum atomic E-state index is 0.164. The molecule has 9 nitrogen and oxygen atoms in total. The number of ether oxygens (including phenoxy) is 1. The van der Waals surface area contributed by atoms with Crippen LogP contribution in [0.4, 0.5) is 5.82 Å². The minimum Gasteiger partial charge on any atom is -0.474 e. The molecule has 27 heavy (non-hydrogen) atoms. The molecule has 0 radical (unpaired) electrons. The van der Waals surface area contributed by atoms with Crippen LogP contribution in [0.15, 0.2) is 53.7 Å². The van der Waals surface area contributed by atoms with Gasteiger partial charge in [-0.15, -0.1) is 5.10 Å². The Bertz CT molecular complexity index is 943. The number of nitrogens with zero attached hydrogens (tertiary/aromatic N) is 6. The van der Waals surface area contributed by atoms with Gasteiger partial charge in [0.25, 0.3) is 5.17 Å². The lowest BCUT2D eigenvalue weighted by atomic mass is 10.1. The Morgan fingerprint density at radius 3 is 2.70 bits per heavy atom. The molecular formula is C17H17N7O2S. The minimum absolute atomic E-state index is 0.164. The quantitative estimate of drug-likeness (QED) is 0.392. The zero-order chi connectivity index (χ0) is 19.1. The van der Waals surface area contributed by atoms with Crippen molar-refractivity contribution in [2.45, 2.75) is 6.61 Å². The van der Waals surface area contributed by atoms with E-state index in [1.165, 1.54) is 11.8 Å². The van der Waals surface area contributed by atoms with Crippen LogP contribution in [0.2, 0.25) is 0 Å². The molecule has 0 bridgehead atoms. The number of anilines is 1. The molecule has 2 aromatic heterocycles. The summed E-state index contributed by atoms with van der Waals surface area (Å²) >= 11 is 4.97. The van der Waals surface area contributed by atoms with E-state index in [4.69, 9.17) is 21.8 Å². The molecule has 0 unspecified atom stereocenters. The van der Waals surface area contributed by atoms with E-state index in [1.807, 2.05) is 42.5 Å². The first-order valence-corrected chi connectivity index (χ1v) is 8.37. The zero-order valence-electron chi connectivity index (χ0n) is 14.7. The fourth-order valence-corrected chi connectivity index (χ4v) is 2.30. The van der Waals surface area contributed by atoms with Crippen molar-refractivity contribution in [1.29, 1.82) is 0 Å². The van der Waals surface area contributed by atoms with Gasteiger partial charge in [-0.25, -0.2) is 9.67 Å². The third-order valence-corrected chi connectivity index (χ3v) is 3.74. The normalized spacial score (nSPS) is 11.1. The van der Waals surface area contributed by atoms with Crippen LogP contribution in [0.25, 0.3) is 0 Å². The molecule has 0 aliphatic rings. The zero-order valence-corrected chi connectivity index (χ0v) is 15.6. The van der Waals surface area contributed by atoms with Crippen molar-refractivity contribution >= 4 is 28.9 Å². The molecule has 3 aromatic rings. The maximum atomic E-state index is 5.53. The third kappa shape index (κ3) is 4.82. The first kappa shape index (κ1) is 18.4. The Labute approximate surface area is 161 Å². The predicted octanol–water partition coefficient (Wildman–Crippen LogP) is 1.92. The SMILES string of the molecule is COC(=S)Nc1cccc(CO/N=C(/c2ccccc2)c2nnnn2C)n1. The molecule has 0 aliphatic carbocycles. The first-order chi connectivity index (χ1) is 13.2. The Balaban J connectivity index is 1.77. The van der Waals surface area contributed by atoms with Crippen LogP contribution in [0.1, 0.15) is 17.1 Å². The van der Waals surface area contributed by atoms with E-state index < -0.39 is 0 Å². The molecule has 10 heteroatoms. The summed E-state index contributed by atoms with van der Waals surface area (Å²) in [7, 11) is 3.23. The lowest BCUT2D eigenvalue weighted by Crippen LogP contribution is -2.13. The van der Waals surface area contributed by atoms with Crippen LogP contribution in [0.5, 0.6) is 0 Å². The van der Waals surface area contributed by atoms with Crippen LogP contribution in [-0.4, -0.2) is 43.2 Å². The molecule has 2 heterocycles. The summed E-state index contributed by atoms with van der Waals surface area (Å²) in [6, 6.07) is 15.0. The molecule has 0 amide bonds. The van der Waals surface area contributed by atoms with E-state index in [0.717, 1.165) is 5.56 Å². The van der Waals surface area contributed by atoms with Gasteiger partial charge >= 0.3 is 0 Å². The van der Waals surface area contributed by atoms with Crippen molar-refractivity contribution < 1.29 is 9.57 Å². The van der Waals surface area contributed by atoms with Gasteiger partial charge in [-0.2, -0.15) is 0 Å². The van der Waals surface area contributed by atoms with Crippen LogP contribution in [-0.2, 0) is 23.2 Å². The highest BCUT2D eigenvalue weighted by atomic mass is 32.1. The van der Waals surface area contributed by atoms with Gasteiger partial charge in [0.05, 0.1) is 12.8 Å². The third-order valence-electron chi connectivity index (χ3n) is 3.47. The summed E-state index contributed by atoms with van der Waals surface area (Å²) in [4.78, 5) is 9.92. The number of thiocarbonyl (C=S) groups is 1. The highest BCUT2D eigenvalue weighted by molar-refractivity contribution is 7.80. The summed E-state index contributed by atoms with van der Waals surface area (Å²) in [5.41, 5.74) is 2.04. The molecule has 138 valence electrons. The van der Waals surface area contributed by atoms with Crippen molar-refractivity contribution in [3.8, 4) is 0 Å². The van der Waals surface area contributed by atoms with Crippen molar-refractivity contribution in [3.63, 3.8) is 0 Å². The van der Waals surface area contributed by atoms with E-state index in [2.05, 4.69) is 31.0 Å². The first-order valence-electron chi connectivity index (χ1n) is 7.96. The summed E-state index contributed by atoms with van der Waals surface area (Å²) in [5.74, 6) is 1.06. The van der Waals surface area contributed by atoms with Gasteiger partial charge < -0.3 is 14.9 Å². The van der Waals surface area contributed by atoms with Crippen molar-refractivity contribution in [1.82, 2.24) is 25.2 Å². The number of aromatic nitrogens is 5. The molecular weight excluding hydrogens is 366 g/mol. The average molecular weight is 383 g/mol. The van der Waals surface area contributed by atoms with E-state index in [1.54, 1.807) is 13.1 Å². The van der Waals surface area contributed by atoms with Crippen molar-refractivity contribution in [2.75, 3.05) is 12.4 Å². The van der Waals surface area contributed by atoms with Gasteiger partial charge in [0.15, 0.2) is 12.3 Å². The number of nitrogens with one attached hydrogen (secondary N) is 1. The smallest absolute Gasteiger partial charge is 0.262 e. The van der Waals surface area contributed by atoms with Crippen molar-refractivity contribution in [3.05, 3.63) is 65.6 Å². The van der Waals surface area contributed by atoms with Crippen LogP contribution in [0, 0.1) is 0 Å². The fourth-order valence-electron chi connectivity index (χ4n) is 2.20. The van der Waals surface area contributed by atoms with Gasteiger partial charge in [0.2, 0.25) is 5.82 Å². The van der Waals surface area contributed by atoms with Gasteiger partial charge in [-0.05, 0) is 34.8 Å². The van der Waals surface area contributed by atoms with E-state index in [0.29, 0.717) is 23.0 Å². The Morgan fingerprint density at radius 1 is 1.19 bits per heavy atom. The second kappa shape index (κ2) is 8.81. The number of pyridine rings is 1. The molecule has 1 N–H and O–H groups in total.